The van der Waals surface area contributed by atoms with Crippen LogP contribution in [0.4, 0.5) is 0 Å². The highest BCUT2D eigenvalue weighted by Crippen LogP contribution is 2.32. The second kappa shape index (κ2) is 25.9. The molecular weight excluding hydrogens is 484 g/mol. The van der Waals surface area contributed by atoms with Gasteiger partial charge in [-0.15, -0.1) is 0 Å². The van der Waals surface area contributed by atoms with E-state index >= 15 is 0 Å². The fourth-order valence-corrected chi connectivity index (χ4v) is 5.91. The van der Waals surface area contributed by atoms with Crippen molar-refractivity contribution in [3.63, 3.8) is 0 Å². The van der Waals surface area contributed by atoms with Gasteiger partial charge in [0.05, 0.1) is 25.0 Å². The van der Waals surface area contributed by atoms with Gasteiger partial charge in [-0.1, -0.05) is 156 Å². The molecule has 1 saturated carbocycles. The summed E-state index contributed by atoms with van der Waals surface area (Å²) in [6.45, 7) is 7.77. The van der Waals surface area contributed by atoms with Crippen molar-refractivity contribution in [1.82, 2.24) is 0 Å². The molecule has 0 aromatic rings. The monoisotopic (exact) mass is 550 g/mol. The van der Waals surface area contributed by atoms with Crippen molar-refractivity contribution in [3.05, 3.63) is 0 Å². The number of ether oxygens (including phenoxy) is 2. The van der Waals surface area contributed by atoms with Crippen molar-refractivity contribution in [1.29, 1.82) is 0 Å². The Labute approximate surface area is 243 Å². The van der Waals surface area contributed by atoms with Crippen LogP contribution in [-0.2, 0) is 19.1 Å². The van der Waals surface area contributed by atoms with Crippen molar-refractivity contribution in [2.24, 2.45) is 17.8 Å². The molecule has 4 nitrogen and oxygen atoms in total. The lowest BCUT2D eigenvalue weighted by atomic mass is 9.79. The average molecular weight is 551 g/mol. The summed E-state index contributed by atoms with van der Waals surface area (Å²) in [5.41, 5.74) is 0. The molecule has 230 valence electrons. The third kappa shape index (κ3) is 20.5. The fourth-order valence-electron chi connectivity index (χ4n) is 5.91. The van der Waals surface area contributed by atoms with Gasteiger partial charge in [0.25, 0.3) is 0 Å². The molecule has 0 radical (unpaired) electrons. The van der Waals surface area contributed by atoms with Crippen LogP contribution in [0.15, 0.2) is 0 Å². The molecule has 0 aliphatic heterocycles. The van der Waals surface area contributed by atoms with E-state index in [0.29, 0.717) is 13.2 Å². The molecule has 2 unspecified atom stereocenters. The summed E-state index contributed by atoms with van der Waals surface area (Å²) in [4.78, 5) is 25.4. The highest BCUT2D eigenvalue weighted by Gasteiger charge is 2.37. The Hall–Kier alpha value is -1.06. The van der Waals surface area contributed by atoms with Crippen LogP contribution in [0.1, 0.15) is 181 Å². The summed E-state index contributed by atoms with van der Waals surface area (Å²) in [7, 11) is 0. The molecule has 4 heteroatoms. The maximum Gasteiger partial charge on any atom is 0.309 e. The molecule has 0 aromatic carbocycles. The molecule has 0 heterocycles. The molecule has 1 aliphatic carbocycles. The van der Waals surface area contributed by atoms with Gasteiger partial charge < -0.3 is 9.47 Å². The minimum absolute atomic E-state index is 0.175. The first-order valence-corrected chi connectivity index (χ1v) is 17.4. The Balaban J connectivity index is 2.00. The number of esters is 2. The predicted molar refractivity (Wildman–Crippen MR) is 165 cm³/mol. The van der Waals surface area contributed by atoms with E-state index in [4.69, 9.17) is 9.47 Å². The first-order chi connectivity index (χ1) is 19.1. The van der Waals surface area contributed by atoms with Crippen molar-refractivity contribution < 1.29 is 19.1 Å². The van der Waals surface area contributed by atoms with Gasteiger partial charge in [0.15, 0.2) is 0 Å². The smallest absolute Gasteiger partial charge is 0.309 e. The summed E-state index contributed by atoms with van der Waals surface area (Å²) in [5.74, 6) is -0.209. The lowest BCUT2D eigenvalue weighted by Gasteiger charge is -2.28. The van der Waals surface area contributed by atoms with Crippen molar-refractivity contribution in [3.8, 4) is 0 Å². The standard InChI is InChI=1S/C35H66O4/c1-4-5-6-7-8-9-10-11-12-13-14-15-16-17-19-24-29-38-34(36)32-27-22-23-28-33(32)35(37)39-30-25-20-18-21-26-31(2)3/h31-33H,4-30H2,1-3H3. The van der Waals surface area contributed by atoms with Crippen LogP contribution in [0.3, 0.4) is 0 Å². The molecule has 2 atom stereocenters. The van der Waals surface area contributed by atoms with E-state index in [9.17, 15) is 9.59 Å². The second-order valence-corrected chi connectivity index (χ2v) is 12.7. The summed E-state index contributed by atoms with van der Waals surface area (Å²) >= 11 is 0. The number of rotatable bonds is 26. The third-order valence-corrected chi connectivity index (χ3v) is 8.53. The summed E-state index contributed by atoms with van der Waals surface area (Å²) in [5, 5.41) is 0. The van der Waals surface area contributed by atoms with Crippen LogP contribution in [-0.4, -0.2) is 25.2 Å². The van der Waals surface area contributed by atoms with Gasteiger partial charge in [0.1, 0.15) is 0 Å². The van der Waals surface area contributed by atoms with Crippen LogP contribution in [0.2, 0.25) is 0 Å². The molecule has 0 N–H and O–H groups in total. The molecular formula is C35H66O4. The molecule has 0 saturated heterocycles. The summed E-state index contributed by atoms with van der Waals surface area (Å²) in [6.07, 6.45) is 30.6. The highest BCUT2D eigenvalue weighted by atomic mass is 16.5. The Morgan fingerprint density at radius 3 is 1.23 bits per heavy atom. The van der Waals surface area contributed by atoms with E-state index in [-0.39, 0.29) is 23.8 Å². The fraction of sp³-hybridized carbons (Fsp3) is 0.943. The topological polar surface area (TPSA) is 52.6 Å². The average Bonchev–Trinajstić information content (AvgIpc) is 2.93. The van der Waals surface area contributed by atoms with Crippen LogP contribution in [0, 0.1) is 17.8 Å². The van der Waals surface area contributed by atoms with Crippen LogP contribution >= 0.6 is 0 Å². The van der Waals surface area contributed by atoms with Crippen LogP contribution in [0.25, 0.3) is 0 Å². The molecule has 1 fully saturated rings. The Kier molecular flexibility index (Phi) is 23.9. The largest absolute Gasteiger partial charge is 0.465 e. The zero-order valence-electron chi connectivity index (χ0n) is 26.5. The quantitative estimate of drug-likeness (QED) is 0.0793. The Morgan fingerprint density at radius 1 is 0.538 bits per heavy atom. The predicted octanol–water partition coefficient (Wildman–Crippen LogP) is 10.7. The zero-order valence-corrected chi connectivity index (χ0v) is 26.5. The van der Waals surface area contributed by atoms with E-state index in [0.717, 1.165) is 57.3 Å². The van der Waals surface area contributed by atoms with Gasteiger partial charge in [-0.3, -0.25) is 9.59 Å². The van der Waals surface area contributed by atoms with Gasteiger partial charge in [0, 0.05) is 0 Å². The lowest BCUT2D eigenvalue weighted by Crippen LogP contribution is -2.35. The van der Waals surface area contributed by atoms with Gasteiger partial charge in [-0.25, -0.2) is 0 Å². The maximum absolute atomic E-state index is 12.7. The summed E-state index contributed by atoms with van der Waals surface area (Å²) < 4.78 is 11.2. The minimum Gasteiger partial charge on any atom is -0.465 e. The zero-order chi connectivity index (χ0) is 28.4. The van der Waals surface area contributed by atoms with E-state index < -0.39 is 0 Å². The maximum atomic E-state index is 12.7. The highest BCUT2D eigenvalue weighted by molar-refractivity contribution is 5.82. The van der Waals surface area contributed by atoms with Crippen molar-refractivity contribution >= 4 is 11.9 Å². The molecule has 0 bridgehead atoms. The SMILES string of the molecule is CCCCCCCCCCCCCCCCCCOC(=O)C1CCCCC1C(=O)OCCCCCCC(C)C. The molecule has 39 heavy (non-hydrogen) atoms. The van der Waals surface area contributed by atoms with Crippen LogP contribution in [0.5, 0.6) is 0 Å². The first kappa shape index (κ1) is 36.0. The van der Waals surface area contributed by atoms with Crippen molar-refractivity contribution in [2.75, 3.05) is 13.2 Å². The third-order valence-electron chi connectivity index (χ3n) is 8.53. The van der Waals surface area contributed by atoms with E-state index in [1.165, 1.54) is 109 Å². The molecule has 1 aliphatic rings. The van der Waals surface area contributed by atoms with E-state index in [2.05, 4.69) is 20.8 Å². The van der Waals surface area contributed by atoms with Crippen molar-refractivity contribution in [2.45, 2.75) is 181 Å². The molecule has 0 amide bonds. The normalized spacial score (nSPS) is 17.4. The van der Waals surface area contributed by atoms with Gasteiger partial charge in [0.2, 0.25) is 0 Å². The molecule has 0 spiro atoms. The first-order valence-electron chi connectivity index (χ1n) is 17.4. The number of carbonyl (C=O) groups excluding carboxylic acids is 2. The molecule has 0 aromatic heterocycles. The lowest BCUT2D eigenvalue weighted by molar-refractivity contribution is -0.163. The number of hydrogen-bond acceptors (Lipinski definition) is 4. The number of carbonyl (C=O) groups is 2. The summed E-state index contributed by atoms with van der Waals surface area (Å²) in [6, 6.07) is 0. The number of hydrogen-bond donors (Lipinski definition) is 0. The Morgan fingerprint density at radius 2 is 0.872 bits per heavy atom. The molecule has 1 rings (SSSR count). The number of unbranched alkanes of at least 4 members (excludes halogenated alkanes) is 18. The van der Waals surface area contributed by atoms with Gasteiger partial charge in [-0.05, 0) is 31.6 Å². The van der Waals surface area contributed by atoms with Gasteiger partial charge >= 0.3 is 11.9 Å². The Bertz CT molecular complexity index is 573. The van der Waals surface area contributed by atoms with E-state index in [1.807, 2.05) is 0 Å². The van der Waals surface area contributed by atoms with Gasteiger partial charge in [-0.2, -0.15) is 0 Å². The van der Waals surface area contributed by atoms with E-state index in [1.54, 1.807) is 0 Å². The minimum atomic E-state index is -0.307. The van der Waals surface area contributed by atoms with Crippen LogP contribution < -0.4 is 0 Å². The second-order valence-electron chi connectivity index (χ2n) is 12.7.